The molecule has 0 aliphatic heterocycles. The lowest BCUT2D eigenvalue weighted by atomic mass is 9.79. The van der Waals surface area contributed by atoms with Crippen LogP contribution in [-0.2, 0) is 6.42 Å². The molecule has 1 nitrogen and oxygen atoms in total. The summed E-state index contributed by atoms with van der Waals surface area (Å²) in [6.45, 7) is 5.99. The molecule has 1 aliphatic rings. The van der Waals surface area contributed by atoms with Gasteiger partial charge in [-0.25, -0.2) is 0 Å². The summed E-state index contributed by atoms with van der Waals surface area (Å²) in [4.78, 5) is 0. The Labute approximate surface area is 97.8 Å². The van der Waals surface area contributed by atoms with Gasteiger partial charge in [-0.15, -0.1) is 6.58 Å². The smallest absolute Gasteiger partial charge is 0.0821 e. The number of hydrogen-bond acceptors (Lipinski definition) is 1. The second kappa shape index (κ2) is 4.84. The van der Waals surface area contributed by atoms with Gasteiger partial charge < -0.3 is 5.11 Å². The molecule has 2 unspecified atom stereocenters. The maximum atomic E-state index is 10.3. The highest BCUT2D eigenvalue weighted by atomic mass is 16.3. The van der Waals surface area contributed by atoms with Gasteiger partial charge in [0.1, 0.15) is 0 Å². The van der Waals surface area contributed by atoms with Crippen molar-refractivity contribution in [2.45, 2.75) is 38.7 Å². The average molecular weight is 216 g/mol. The van der Waals surface area contributed by atoms with Crippen LogP contribution in [0.15, 0.2) is 36.4 Å². The molecule has 1 aliphatic carbocycles. The summed E-state index contributed by atoms with van der Waals surface area (Å²) in [5.41, 5.74) is 3.67. The minimum Gasteiger partial charge on any atom is -0.388 e. The lowest BCUT2D eigenvalue weighted by molar-refractivity contribution is 0.0887. The van der Waals surface area contributed by atoms with E-state index in [1.54, 1.807) is 0 Å². The fourth-order valence-electron chi connectivity index (χ4n) is 2.54. The number of hydrogen-bond donors (Lipinski definition) is 1. The second-order valence-corrected chi connectivity index (χ2v) is 4.94. The summed E-state index contributed by atoms with van der Waals surface area (Å²) < 4.78 is 0. The second-order valence-electron chi connectivity index (χ2n) is 4.94. The van der Waals surface area contributed by atoms with Crippen molar-refractivity contribution in [2.75, 3.05) is 0 Å². The molecule has 0 saturated carbocycles. The lowest BCUT2D eigenvalue weighted by Gasteiger charge is -2.30. The molecule has 0 fully saturated rings. The highest BCUT2D eigenvalue weighted by molar-refractivity contribution is 5.31. The first kappa shape index (κ1) is 11.4. The lowest BCUT2D eigenvalue weighted by Crippen LogP contribution is -2.20. The third kappa shape index (κ3) is 2.35. The highest BCUT2D eigenvalue weighted by Gasteiger charge is 2.26. The summed E-state index contributed by atoms with van der Waals surface area (Å²) in [5.74, 6) is 0.409. The van der Waals surface area contributed by atoms with Gasteiger partial charge in [0.15, 0.2) is 0 Å². The van der Waals surface area contributed by atoms with Crippen LogP contribution in [0.4, 0.5) is 0 Å². The summed E-state index contributed by atoms with van der Waals surface area (Å²) in [6.07, 6.45) is 4.03. The molecule has 0 bridgehead atoms. The normalized spacial score (nSPS) is 23.9. The molecule has 0 spiro atoms. The molecule has 16 heavy (non-hydrogen) atoms. The summed E-state index contributed by atoms with van der Waals surface area (Å²) in [7, 11) is 0. The summed E-state index contributed by atoms with van der Waals surface area (Å²) in [5, 5.41) is 10.3. The third-order valence-corrected chi connectivity index (χ3v) is 3.55. The molecule has 0 saturated heterocycles. The zero-order valence-corrected chi connectivity index (χ0v) is 9.95. The predicted molar refractivity (Wildman–Crippen MR) is 67.3 cm³/mol. The van der Waals surface area contributed by atoms with Crippen molar-refractivity contribution in [3.63, 3.8) is 0 Å². The summed E-state index contributed by atoms with van der Waals surface area (Å²) in [6, 6.07) is 8.27. The van der Waals surface area contributed by atoms with Crippen LogP contribution in [0, 0.1) is 5.92 Å². The van der Waals surface area contributed by atoms with Crippen LogP contribution in [-0.4, -0.2) is 5.11 Å². The van der Waals surface area contributed by atoms with Gasteiger partial charge in [0.2, 0.25) is 0 Å². The highest BCUT2D eigenvalue weighted by Crippen LogP contribution is 2.37. The van der Waals surface area contributed by atoms with Crippen LogP contribution < -0.4 is 0 Å². The SMILES string of the molecule is C=C(C)CCC1CCc2ccccc2C1O. The van der Waals surface area contributed by atoms with Crippen LogP contribution >= 0.6 is 0 Å². The van der Waals surface area contributed by atoms with E-state index in [2.05, 4.69) is 31.7 Å². The first-order valence-corrected chi connectivity index (χ1v) is 6.08. The first-order chi connectivity index (χ1) is 7.68. The fourth-order valence-corrected chi connectivity index (χ4v) is 2.54. The van der Waals surface area contributed by atoms with E-state index in [0.29, 0.717) is 5.92 Å². The molecule has 0 aromatic heterocycles. The summed E-state index contributed by atoms with van der Waals surface area (Å²) >= 11 is 0. The van der Waals surface area contributed by atoms with Crippen LogP contribution in [0.25, 0.3) is 0 Å². The van der Waals surface area contributed by atoms with Gasteiger partial charge in [-0.1, -0.05) is 29.8 Å². The van der Waals surface area contributed by atoms with Crippen LogP contribution in [0.1, 0.15) is 43.4 Å². The van der Waals surface area contributed by atoms with Gasteiger partial charge in [0.05, 0.1) is 6.10 Å². The van der Waals surface area contributed by atoms with Crippen molar-refractivity contribution in [1.82, 2.24) is 0 Å². The quantitative estimate of drug-likeness (QED) is 0.765. The van der Waals surface area contributed by atoms with Crippen LogP contribution in [0.3, 0.4) is 0 Å². The van der Waals surface area contributed by atoms with E-state index in [1.165, 1.54) is 11.1 Å². The van der Waals surface area contributed by atoms with Gasteiger partial charge in [-0.3, -0.25) is 0 Å². The van der Waals surface area contributed by atoms with E-state index in [1.807, 2.05) is 6.07 Å². The topological polar surface area (TPSA) is 20.2 Å². The average Bonchev–Trinajstić information content (AvgIpc) is 2.28. The van der Waals surface area contributed by atoms with Gasteiger partial charge in [-0.05, 0) is 49.7 Å². The standard InChI is InChI=1S/C15H20O/c1-11(2)7-8-13-10-9-12-5-3-4-6-14(12)15(13)16/h3-6,13,15-16H,1,7-10H2,2H3. The zero-order chi connectivity index (χ0) is 11.5. The van der Waals surface area contributed by atoms with Crippen LogP contribution in [0.5, 0.6) is 0 Å². The molecule has 86 valence electrons. The third-order valence-electron chi connectivity index (χ3n) is 3.55. The van der Waals surface area contributed by atoms with Crippen molar-refractivity contribution in [3.8, 4) is 0 Å². The minimum absolute atomic E-state index is 0.274. The first-order valence-electron chi connectivity index (χ1n) is 6.08. The van der Waals surface area contributed by atoms with E-state index >= 15 is 0 Å². The van der Waals surface area contributed by atoms with Crippen molar-refractivity contribution < 1.29 is 5.11 Å². The number of aliphatic hydroxyl groups is 1. The molecule has 1 aromatic carbocycles. The number of benzene rings is 1. The molecular weight excluding hydrogens is 196 g/mol. The largest absolute Gasteiger partial charge is 0.388 e. The van der Waals surface area contributed by atoms with Gasteiger partial charge in [0.25, 0.3) is 0 Å². The molecule has 0 heterocycles. The molecule has 2 atom stereocenters. The van der Waals surface area contributed by atoms with Crippen molar-refractivity contribution >= 4 is 0 Å². The number of rotatable bonds is 3. The zero-order valence-electron chi connectivity index (χ0n) is 9.95. The molecule has 0 radical (unpaired) electrons. The monoisotopic (exact) mass is 216 g/mol. The van der Waals surface area contributed by atoms with Crippen molar-refractivity contribution in [1.29, 1.82) is 0 Å². The van der Waals surface area contributed by atoms with E-state index in [9.17, 15) is 5.11 Å². The van der Waals surface area contributed by atoms with Crippen molar-refractivity contribution in [3.05, 3.63) is 47.5 Å². The number of aryl methyl sites for hydroxylation is 1. The van der Waals surface area contributed by atoms with Crippen molar-refractivity contribution in [2.24, 2.45) is 5.92 Å². The molecular formula is C15H20O. The number of aliphatic hydroxyl groups excluding tert-OH is 1. The number of allylic oxidation sites excluding steroid dienone is 1. The van der Waals surface area contributed by atoms with Crippen LogP contribution in [0.2, 0.25) is 0 Å². The molecule has 0 amide bonds. The molecule has 1 aromatic rings. The fraction of sp³-hybridized carbons (Fsp3) is 0.467. The van der Waals surface area contributed by atoms with E-state index in [0.717, 1.165) is 31.2 Å². The van der Waals surface area contributed by atoms with E-state index in [4.69, 9.17) is 0 Å². The Balaban J connectivity index is 2.09. The Hall–Kier alpha value is -1.08. The van der Waals surface area contributed by atoms with Gasteiger partial charge in [0, 0.05) is 0 Å². The molecule has 1 heteroatoms. The van der Waals surface area contributed by atoms with Gasteiger partial charge >= 0.3 is 0 Å². The maximum Gasteiger partial charge on any atom is 0.0821 e. The Bertz CT molecular complexity index is 381. The number of fused-ring (bicyclic) bond motifs is 1. The molecule has 1 N–H and O–H groups in total. The minimum atomic E-state index is -0.274. The van der Waals surface area contributed by atoms with E-state index < -0.39 is 0 Å². The Kier molecular flexibility index (Phi) is 3.45. The van der Waals surface area contributed by atoms with Gasteiger partial charge in [-0.2, -0.15) is 0 Å². The predicted octanol–water partition coefficient (Wildman–Crippen LogP) is 3.64. The van der Waals surface area contributed by atoms with E-state index in [-0.39, 0.29) is 6.10 Å². The Morgan fingerprint density at radius 2 is 2.19 bits per heavy atom. The molecule has 2 rings (SSSR count). The Morgan fingerprint density at radius 1 is 1.44 bits per heavy atom. The Morgan fingerprint density at radius 3 is 2.94 bits per heavy atom. The maximum absolute atomic E-state index is 10.3.